The first-order valence-corrected chi connectivity index (χ1v) is 8.29. The van der Waals surface area contributed by atoms with Crippen LogP contribution in [0.2, 0.25) is 5.02 Å². The second-order valence-corrected chi connectivity index (χ2v) is 7.20. The van der Waals surface area contributed by atoms with E-state index < -0.39 is 15.8 Å². The molecule has 0 radical (unpaired) electrons. The van der Waals surface area contributed by atoms with E-state index >= 15 is 0 Å². The molecular weight excluding hydrogens is 317 g/mol. The van der Waals surface area contributed by atoms with Crippen LogP contribution in [0.25, 0.3) is 0 Å². The molecule has 0 N–H and O–H groups in total. The molecule has 1 aliphatic rings. The van der Waals surface area contributed by atoms with Crippen molar-refractivity contribution in [3.8, 4) is 0 Å². The first-order chi connectivity index (χ1) is 9.98. The molecule has 0 amide bonds. The number of benzene rings is 1. The van der Waals surface area contributed by atoms with Gasteiger partial charge in [0.15, 0.2) is 0 Å². The van der Waals surface area contributed by atoms with Crippen LogP contribution in [0.1, 0.15) is 18.6 Å². The molecule has 3 rings (SSSR count). The van der Waals surface area contributed by atoms with Gasteiger partial charge in [-0.1, -0.05) is 11.6 Å². The Morgan fingerprint density at radius 3 is 2.67 bits per heavy atom. The quantitative estimate of drug-likeness (QED) is 0.844. The first kappa shape index (κ1) is 14.6. The van der Waals surface area contributed by atoms with Gasteiger partial charge < -0.3 is 4.42 Å². The molecule has 0 atom stereocenters. The van der Waals surface area contributed by atoms with Gasteiger partial charge >= 0.3 is 0 Å². The van der Waals surface area contributed by atoms with Crippen LogP contribution in [0, 0.1) is 5.82 Å². The molecule has 1 saturated carbocycles. The van der Waals surface area contributed by atoms with E-state index in [2.05, 4.69) is 0 Å². The minimum absolute atomic E-state index is 0.0544. The van der Waals surface area contributed by atoms with Crippen molar-refractivity contribution in [2.24, 2.45) is 0 Å². The summed E-state index contributed by atoms with van der Waals surface area (Å²) in [6.45, 7) is 0.147. The molecule has 1 heterocycles. The SMILES string of the molecule is O=S(=O)(c1ccc(F)cc1Cl)N(Cc1ccco1)C1CC1. The predicted molar refractivity (Wildman–Crippen MR) is 75.9 cm³/mol. The third-order valence-electron chi connectivity index (χ3n) is 3.33. The lowest BCUT2D eigenvalue weighted by atomic mass is 10.3. The van der Waals surface area contributed by atoms with Crippen molar-refractivity contribution in [1.29, 1.82) is 0 Å². The molecule has 1 aliphatic carbocycles. The number of hydrogen-bond donors (Lipinski definition) is 0. The highest BCUT2D eigenvalue weighted by Gasteiger charge is 2.39. The number of rotatable bonds is 5. The summed E-state index contributed by atoms with van der Waals surface area (Å²) in [7, 11) is -3.79. The smallest absolute Gasteiger partial charge is 0.245 e. The van der Waals surface area contributed by atoms with Crippen molar-refractivity contribution >= 4 is 21.6 Å². The maximum absolute atomic E-state index is 13.1. The van der Waals surface area contributed by atoms with E-state index in [1.54, 1.807) is 12.1 Å². The number of sulfonamides is 1. The van der Waals surface area contributed by atoms with E-state index in [0.717, 1.165) is 25.0 Å². The lowest BCUT2D eigenvalue weighted by molar-refractivity contribution is 0.356. The summed E-state index contributed by atoms with van der Waals surface area (Å²) in [6.07, 6.45) is 3.11. The predicted octanol–water partition coefficient (Wildman–Crippen LogP) is 3.43. The summed E-state index contributed by atoms with van der Waals surface area (Å²) in [5.41, 5.74) is 0. The average molecular weight is 330 g/mol. The Kier molecular flexibility index (Phi) is 3.77. The minimum atomic E-state index is -3.79. The normalized spacial score (nSPS) is 15.6. The highest BCUT2D eigenvalue weighted by Crippen LogP contribution is 2.35. The summed E-state index contributed by atoms with van der Waals surface area (Å²) in [5, 5.41) is -0.111. The average Bonchev–Trinajstić information content (AvgIpc) is 3.11. The second kappa shape index (κ2) is 5.44. The Morgan fingerprint density at radius 2 is 2.10 bits per heavy atom. The largest absolute Gasteiger partial charge is 0.468 e. The van der Waals surface area contributed by atoms with Crippen LogP contribution in [-0.4, -0.2) is 18.8 Å². The fourth-order valence-corrected chi connectivity index (χ4v) is 4.30. The van der Waals surface area contributed by atoms with Gasteiger partial charge in [-0.05, 0) is 43.2 Å². The van der Waals surface area contributed by atoms with Crippen LogP contribution in [-0.2, 0) is 16.6 Å². The zero-order chi connectivity index (χ0) is 15.0. The van der Waals surface area contributed by atoms with Crippen molar-refractivity contribution in [3.05, 3.63) is 53.2 Å². The van der Waals surface area contributed by atoms with Crippen LogP contribution in [0.3, 0.4) is 0 Å². The zero-order valence-electron chi connectivity index (χ0n) is 11.0. The van der Waals surface area contributed by atoms with Gasteiger partial charge in [0.2, 0.25) is 10.0 Å². The third kappa shape index (κ3) is 2.97. The molecule has 0 saturated heterocycles. The highest BCUT2D eigenvalue weighted by atomic mass is 35.5. The van der Waals surface area contributed by atoms with E-state index in [1.807, 2.05) is 0 Å². The summed E-state index contributed by atoms with van der Waals surface area (Å²) in [4.78, 5) is -0.0796. The van der Waals surface area contributed by atoms with Gasteiger partial charge in [0, 0.05) is 6.04 Å². The zero-order valence-corrected chi connectivity index (χ0v) is 12.6. The van der Waals surface area contributed by atoms with Crippen LogP contribution in [0.15, 0.2) is 45.9 Å². The number of halogens is 2. The molecule has 0 aliphatic heterocycles. The summed E-state index contributed by atoms with van der Waals surface area (Å²) in [6, 6.07) is 6.67. The molecule has 1 aromatic carbocycles. The van der Waals surface area contributed by atoms with Gasteiger partial charge in [0.1, 0.15) is 16.5 Å². The standard InChI is InChI=1S/C14H13ClFNO3S/c15-13-8-10(16)3-6-14(13)21(18,19)17(11-4-5-11)9-12-2-1-7-20-12/h1-3,6-8,11H,4-5,9H2. The molecule has 21 heavy (non-hydrogen) atoms. The monoisotopic (exact) mass is 329 g/mol. The Morgan fingerprint density at radius 1 is 1.33 bits per heavy atom. The first-order valence-electron chi connectivity index (χ1n) is 6.48. The lowest BCUT2D eigenvalue weighted by Gasteiger charge is -2.21. The van der Waals surface area contributed by atoms with Gasteiger partial charge in [-0.2, -0.15) is 4.31 Å². The van der Waals surface area contributed by atoms with Crippen LogP contribution in [0.5, 0.6) is 0 Å². The molecule has 7 heteroatoms. The molecule has 112 valence electrons. The van der Waals surface area contributed by atoms with Crippen molar-refractivity contribution in [1.82, 2.24) is 4.31 Å². The topological polar surface area (TPSA) is 50.5 Å². The van der Waals surface area contributed by atoms with E-state index in [9.17, 15) is 12.8 Å². The minimum Gasteiger partial charge on any atom is -0.468 e. The molecular formula is C14H13ClFNO3S. The number of furan rings is 1. The Hall–Kier alpha value is -1.37. The molecule has 1 fully saturated rings. The van der Waals surface area contributed by atoms with Crippen molar-refractivity contribution in [2.45, 2.75) is 30.3 Å². The Balaban J connectivity index is 1.97. The van der Waals surface area contributed by atoms with Gasteiger partial charge in [-0.3, -0.25) is 0 Å². The maximum Gasteiger partial charge on any atom is 0.245 e. The number of nitrogens with zero attached hydrogens (tertiary/aromatic N) is 1. The van der Waals surface area contributed by atoms with Crippen molar-refractivity contribution in [2.75, 3.05) is 0 Å². The van der Waals surface area contributed by atoms with E-state index in [4.69, 9.17) is 16.0 Å². The summed E-state index contributed by atoms with van der Waals surface area (Å²) in [5.74, 6) is -0.00772. The Labute approximate surface area is 127 Å². The highest BCUT2D eigenvalue weighted by molar-refractivity contribution is 7.89. The van der Waals surface area contributed by atoms with E-state index in [1.165, 1.54) is 16.6 Å². The van der Waals surface area contributed by atoms with E-state index in [-0.39, 0.29) is 22.5 Å². The van der Waals surface area contributed by atoms with Crippen LogP contribution < -0.4 is 0 Å². The van der Waals surface area contributed by atoms with Crippen LogP contribution in [0.4, 0.5) is 4.39 Å². The molecule has 0 bridgehead atoms. The molecule has 1 aromatic heterocycles. The lowest BCUT2D eigenvalue weighted by Crippen LogP contribution is -2.32. The van der Waals surface area contributed by atoms with Gasteiger partial charge in [0.05, 0.1) is 17.8 Å². The van der Waals surface area contributed by atoms with Gasteiger partial charge in [-0.25, -0.2) is 12.8 Å². The fourth-order valence-electron chi connectivity index (χ4n) is 2.14. The van der Waals surface area contributed by atoms with Crippen molar-refractivity contribution in [3.63, 3.8) is 0 Å². The maximum atomic E-state index is 13.1. The van der Waals surface area contributed by atoms with Crippen molar-refractivity contribution < 1.29 is 17.2 Å². The van der Waals surface area contributed by atoms with Gasteiger partial charge in [0.25, 0.3) is 0 Å². The third-order valence-corrected chi connectivity index (χ3v) is 5.71. The number of hydrogen-bond acceptors (Lipinski definition) is 3. The summed E-state index contributed by atoms with van der Waals surface area (Å²) >= 11 is 5.90. The Bertz CT molecular complexity index is 742. The molecule has 0 unspecified atom stereocenters. The molecule has 4 nitrogen and oxygen atoms in total. The second-order valence-electron chi connectivity index (χ2n) is 4.94. The van der Waals surface area contributed by atoms with Gasteiger partial charge in [-0.15, -0.1) is 0 Å². The molecule has 0 spiro atoms. The molecule has 2 aromatic rings. The van der Waals surface area contributed by atoms with Crippen LogP contribution >= 0.6 is 11.6 Å². The van der Waals surface area contributed by atoms with E-state index in [0.29, 0.717) is 5.76 Å². The fraction of sp³-hybridized carbons (Fsp3) is 0.286. The summed E-state index contributed by atoms with van der Waals surface area (Å²) < 4.78 is 45.2.